The van der Waals surface area contributed by atoms with Gasteiger partial charge in [0.15, 0.2) is 0 Å². The van der Waals surface area contributed by atoms with E-state index in [4.69, 9.17) is 11.6 Å². The Kier molecular flexibility index (Phi) is 5.82. The molecule has 112 valence electrons. The van der Waals surface area contributed by atoms with Crippen LogP contribution in [0.25, 0.3) is 0 Å². The summed E-state index contributed by atoms with van der Waals surface area (Å²) >= 11 is 6.15. The van der Waals surface area contributed by atoms with Gasteiger partial charge in [0.05, 0.1) is 0 Å². The number of piperazine rings is 1. The second-order valence-electron chi connectivity index (χ2n) is 5.62. The highest BCUT2D eigenvalue weighted by Crippen LogP contribution is 2.22. The molecule has 1 aliphatic heterocycles. The maximum Gasteiger partial charge on any atom is 0.124 e. The van der Waals surface area contributed by atoms with Crippen molar-refractivity contribution in [3.63, 3.8) is 0 Å². The summed E-state index contributed by atoms with van der Waals surface area (Å²) in [4.78, 5) is 2.48. The SMILES string of the molecule is CCCC1CN(Cc2ccc(F)cc2Cl)C(CC)CN1. The number of nitrogens with one attached hydrogen (secondary N) is 1. The Morgan fingerprint density at radius 1 is 1.40 bits per heavy atom. The second-order valence-corrected chi connectivity index (χ2v) is 6.03. The van der Waals surface area contributed by atoms with E-state index in [0.29, 0.717) is 17.1 Å². The van der Waals surface area contributed by atoms with Crippen LogP contribution in [0.3, 0.4) is 0 Å². The largest absolute Gasteiger partial charge is 0.311 e. The first-order valence-electron chi connectivity index (χ1n) is 7.55. The third-order valence-corrected chi connectivity index (χ3v) is 4.46. The van der Waals surface area contributed by atoms with E-state index in [9.17, 15) is 4.39 Å². The van der Waals surface area contributed by atoms with Crippen LogP contribution >= 0.6 is 11.6 Å². The van der Waals surface area contributed by atoms with Crippen molar-refractivity contribution >= 4 is 11.6 Å². The number of nitrogens with zero attached hydrogens (tertiary/aromatic N) is 1. The highest BCUT2D eigenvalue weighted by molar-refractivity contribution is 6.31. The van der Waals surface area contributed by atoms with Gasteiger partial charge in [0.25, 0.3) is 0 Å². The molecule has 4 heteroatoms. The zero-order valence-electron chi connectivity index (χ0n) is 12.3. The third kappa shape index (κ3) is 3.94. The second kappa shape index (κ2) is 7.39. The fourth-order valence-electron chi connectivity index (χ4n) is 2.94. The molecule has 1 aromatic carbocycles. The summed E-state index contributed by atoms with van der Waals surface area (Å²) in [5.41, 5.74) is 1.02. The molecule has 2 rings (SSSR count). The molecule has 0 aliphatic carbocycles. The van der Waals surface area contributed by atoms with Gasteiger partial charge in [-0.2, -0.15) is 0 Å². The summed E-state index contributed by atoms with van der Waals surface area (Å²) in [5, 5.41) is 4.16. The lowest BCUT2D eigenvalue weighted by atomic mass is 10.0. The first-order chi connectivity index (χ1) is 9.63. The molecular weight excluding hydrogens is 275 g/mol. The average molecular weight is 299 g/mol. The Morgan fingerprint density at radius 3 is 2.85 bits per heavy atom. The topological polar surface area (TPSA) is 15.3 Å². The molecule has 1 N–H and O–H groups in total. The van der Waals surface area contributed by atoms with Gasteiger partial charge >= 0.3 is 0 Å². The van der Waals surface area contributed by atoms with Crippen molar-refractivity contribution in [1.82, 2.24) is 10.2 Å². The predicted octanol–water partition coefficient (Wildman–Crippen LogP) is 3.83. The standard InChI is InChI=1S/C16H24ClFN2/c1-3-5-14-11-20(15(4-2)9-19-14)10-12-6-7-13(18)8-16(12)17/h6-8,14-15,19H,3-5,9-11H2,1-2H3. The van der Waals surface area contributed by atoms with E-state index in [1.54, 1.807) is 6.07 Å². The quantitative estimate of drug-likeness (QED) is 0.889. The zero-order valence-corrected chi connectivity index (χ0v) is 13.1. The van der Waals surface area contributed by atoms with Crippen molar-refractivity contribution in [1.29, 1.82) is 0 Å². The minimum Gasteiger partial charge on any atom is -0.311 e. The van der Waals surface area contributed by atoms with Gasteiger partial charge in [-0.1, -0.05) is 37.9 Å². The molecule has 0 amide bonds. The van der Waals surface area contributed by atoms with Crippen LogP contribution in [0.4, 0.5) is 4.39 Å². The summed E-state index contributed by atoms with van der Waals surface area (Å²) in [6.07, 6.45) is 3.51. The molecular formula is C16H24ClFN2. The third-order valence-electron chi connectivity index (χ3n) is 4.11. The normalized spacial score (nSPS) is 24.0. The van der Waals surface area contributed by atoms with E-state index in [-0.39, 0.29) is 5.82 Å². The Bertz CT molecular complexity index is 438. The van der Waals surface area contributed by atoms with Crippen LogP contribution < -0.4 is 5.32 Å². The van der Waals surface area contributed by atoms with Crippen molar-refractivity contribution in [2.24, 2.45) is 0 Å². The molecule has 1 fully saturated rings. The Balaban J connectivity index is 2.07. The number of hydrogen-bond acceptors (Lipinski definition) is 2. The molecule has 0 spiro atoms. The monoisotopic (exact) mass is 298 g/mol. The summed E-state index contributed by atoms with van der Waals surface area (Å²) in [7, 11) is 0. The number of rotatable bonds is 5. The lowest BCUT2D eigenvalue weighted by Gasteiger charge is -2.40. The van der Waals surface area contributed by atoms with Gasteiger partial charge in [-0.25, -0.2) is 4.39 Å². The molecule has 0 aromatic heterocycles. The van der Waals surface area contributed by atoms with Gasteiger partial charge in [-0.05, 0) is 30.5 Å². The zero-order chi connectivity index (χ0) is 14.5. The Morgan fingerprint density at radius 2 is 2.20 bits per heavy atom. The number of halogens is 2. The van der Waals surface area contributed by atoms with Crippen LogP contribution in [0.2, 0.25) is 5.02 Å². The van der Waals surface area contributed by atoms with Crippen LogP contribution in [0.15, 0.2) is 18.2 Å². The lowest BCUT2D eigenvalue weighted by Crippen LogP contribution is -2.55. The van der Waals surface area contributed by atoms with Crippen molar-refractivity contribution in [2.45, 2.75) is 51.7 Å². The van der Waals surface area contributed by atoms with Crippen LogP contribution in [0, 0.1) is 5.82 Å². The van der Waals surface area contributed by atoms with Gasteiger partial charge in [-0.3, -0.25) is 4.90 Å². The van der Waals surface area contributed by atoms with Crippen molar-refractivity contribution in [3.05, 3.63) is 34.6 Å². The van der Waals surface area contributed by atoms with Crippen molar-refractivity contribution in [3.8, 4) is 0 Å². The van der Waals surface area contributed by atoms with Gasteiger partial charge in [0.2, 0.25) is 0 Å². The van der Waals surface area contributed by atoms with E-state index < -0.39 is 0 Å². The van der Waals surface area contributed by atoms with E-state index in [2.05, 4.69) is 24.1 Å². The molecule has 1 aromatic rings. The molecule has 2 unspecified atom stereocenters. The highest BCUT2D eigenvalue weighted by atomic mass is 35.5. The summed E-state index contributed by atoms with van der Waals surface area (Å²) in [6, 6.07) is 5.80. The maximum atomic E-state index is 13.1. The van der Waals surface area contributed by atoms with Gasteiger partial charge in [0, 0.05) is 36.7 Å². The minimum atomic E-state index is -0.269. The average Bonchev–Trinajstić information content (AvgIpc) is 2.43. The van der Waals surface area contributed by atoms with Crippen LogP contribution in [-0.2, 0) is 6.54 Å². The molecule has 0 saturated carbocycles. The number of benzene rings is 1. The molecule has 1 saturated heterocycles. The minimum absolute atomic E-state index is 0.269. The summed E-state index contributed by atoms with van der Waals surface area (Å²) < 4.78 is 13.1. The summed E-state index contributed by atoms with van der Waals surface area (Å²) in [6.45, 7) is 7.31. The van der Waals surface area contributed by atoms with Gasteiger partial charge in [0.1, 0.15) is 5.82 Å². The van der Waals surface area contributed by atoms with Crippen LogP contribution in [-0.4, -0.2) is 30.1 Å². The molecule has 2 atom stereocenters. The molecule has 20 heavy (non-hydrogen) atoms. The molecule has 2 nitrogen and oxygen atoms in total. The Labute approximate surface area is 126 Å². The highest BCUT2D eigenvalue weighted by Gasteiger charge is 2.26. The van der Waals surface area contributed by atoms with Crippen LogP contribution in [0.5, 0.6) is 0 Å². The smallest absolute Gasteiger partial charge is 0.124 e. The van der Waals surface area contributed by atoms with Crippen molar-refractivity contribution in [2.75, 3.05) is 13.1 Å². The van der Waals surface area contributed by atoms with Gasteiger partial charge in [-0.15, -0.1) is 0 Å². The summed E-state index contributed by atoms with van der Waals surface area (Å²) in [5.74, 6) is -0.269. The molecule has 1 heterocycles. The molecule has 0 radical (unpaired) electrons. The molecule has 0 bridgehead atoms. The fraction of sp³-hybridized carbons (Fsp3) is 0.625. The van der Waals surface area contributed by atoms with E-state index in [0.717, 1.165) is 31.6 Å². The van der Waals surface area contributed by atoms with E-state index in [1.807, 2.05) is 0 Å². The first-order valence-corrected chi connectivity index (χ1v) is 7.93. The fourth-order valence-corrected chi connectivity index (χ4v) is 3.16. The predicted molar refractivity (Wildman–Crippen MR) is 82.6 cm³/mol. The number of hydrogen-bond donors (Lipinski definition) is 1. The van der Waals surface area contributed by atoms with Crippen molar-refractivity contribution < 1.29 is 4.39 Å². The maximum absolute atomic E-state index is 13.1. The molecule has 1 aliphatic rings. The Hall–Kier alpha value is -0.640. The van der Waals surface area contributed by atoms with E-state index >= 15 is 0 Å². The van der Waals surface area contributed by atoms with Crippen LogP contribution in [0.1, 0.15) is 38.7 Å². The van der Waals surface area contributed by atoms with Gasteiger partial charge < -0.3 is 5.32 Å². The first kappa shape index (κ1) is 15.7. The van der Waals surface area contributed by atoms with E-state index in [1.165, 1.54) is 25.0 Å². The lowest BCUT2D eigenvalue weighted by molar-refractivity contribution is 0.115.